The van der Waals surface area contributed by atoms with Gasteiger partial charge in [0.05, 0.1) is 5.03 Å². The van der Waals surface area contributed by atoms with E-state index in [1.165, 1.54) is 11.1 Å². The number of phenolic OH excluding ortho intramolecular Hbond substituents is 5. The van der Waals surface area contributed by atoms with E-state index in [1.54, 1.807) is 12.2 Å². The highest BCUT2D eigenvalue weighted by molar-refractivity contribution is 6.35. The first-order valence-electron chi connectivity index (χ1n) is 45.7. The Morgan fingerprint density at radius 3 is 0.780 bits per heavy atom. The second-order valence-corrected chi connectivity index (χ2v) is 47.5. The van der Waals surface area contributed by atoms with Crippen molar-refractivity contribution >= 4 is 63.7 Å². The number of phenols is 5. The summed E-state index contributed by atoms with van der Waals surface area (Å²) in [5.74, 6) is 2.77. The zero-order valence-electron chi connectivity index (χ0n) is 83.9. The molecule has 0 heterocycles. The SMILES string of the molecule is CC(C)(C)c1cc(CCC(=O)C2=C(Cl)C=CC2)cc(C(C)(C)C)c1O.CC1=C(Cl)C=C(C(=O)CCc2cc(C(C)(C)C)c(O)c(C(C)(C)C)c2)C1.CC1=CC=C(C(=O)CCc2cc(C(C)(C)C)c(O)c(C(C)(C)C)c2)C1.CC1=CCC(C(=O)CCc2cc(C(C)(C)C)c(O)c(C(C)(C)C)c2)=C1.CC1=CCC(C(=O)CCc2cc(C(C)(C)C)c(O)c(C(C)(C)C)c2)=C1Cl. The molecule has 0 unspecified atom stereocenters. The van der Waals surface area contributed by atoms with Gasteiger partial charge in [-0.25, -0.2) is 0 Å². The lowest BCUT2D eigenvalue weighted by Crippen LogP contribution is -2.18. The van der Waals surface area contributed by atoms with Crippen LogP contribution in [0.25, 0.3) is 0 Å². The lowest BCUT2D eigenvalue weighted by atomic mass is 9.78. The zero-order chi connectivity index (χ0) is 96.7. The van der Waals surface area contributed by atoms with Gasteiger partial charge in [0.25, 0.3) is 0 Å². The minimum atomic E-state index is -0.164. The molecule has 0 amide bonds. The molecule has 0 bridgehead atoms. The van der Waals surface area contributed by atoms with Crippen LogP contribution in [0.2, 0.25) is 0 Å². The number of ketones is 5. The van der Waals surface area contributed by atoms with Gasteiger partial charge in [0.15, 0.2) is 28.9 Å². The topological polar surface area (TPSA) is 186 Å². The number of hydrogen-bond acceptors (Lipinski definition) is 10. The van der Waals surface area contributed by atoms with Gasteiger partial charge in [-0.3, -0.25) is 24.0 Å². The van der Waals surface area contributed by atoms with E-state index < -0.39 is 0 Å². The van der Waals surface area contributed by atoms with Gasteiger partial charge in [0.1, 0.15) is 28.7 Å². The Hall–Kier alpha value is -8.28. The van der Waals surface area contributed by atoms with Crippen LogP contribution >= 0.6 is 34.8 Å². The van der Waals surface area contributed by atoms with Crippen molar-refractivity contribution in [2.45, 2.75) is 386 Å². The van der Waals surface area contributed by atoms with Crippen molar-refractivity contribution in [3.05, 3.63) is 258 Å². The number of carbonyl (C=O) groups excluding carboxylic acids is 5. The van der Waals surface area contributed by atoms with Crippen LogP contribution < -0.4 is 0 Å². The fourth-order valence-corrected chi connectivity index (χ4v) is 16.9. The fourth-order valence-electron chi connectivity index (χ4n) is 16.2. The molecule has 10 nitrogen and oxygen atoms in total. The third kappa shape index (κ3) is 29.9. The maximum Gasteiger partial charge on any atom is 0.161 e. The summed E-state index contributed by atoms with van der Waals surface area (Å²) in [6.07, 6.45) is 24.9. The molecule has 13 heteroatoms. The third-order valence-electron chi connectivity index (χ3n) is 24.2. The van der Waals surface area contributed by atoms with E-state index in [0.29, 0.717) is 133 Å². The summed E-state index contributed by atoms with van der Waals surface area (Å²) < 4.78 is 0. The van der Waals surface area contributed by atoms with Crippen molar-refractivity contribution in [3.63, 3.8) is 0 Å². The first kappa shape index (κ1) is 107. The average molecular weight is 1790 g/mol. The molecule has 5 aromatic carbocycles. The van der Waals surface area contributed by atoms with Gasteiger partial charge >= 0.3 is 0 Å². The van der Waals surface area contributed by atoms with Crippen LogP contribution in [0.1, 0.15) is 383 Å². The Kier molecular flexibility index (Phi) is 35.4. The molecule has 0 saturated carbocycles. The Labute approximate surface area is 780 Å². The van der Waals surface area contributed by atoms with Gasteiger partial charge in [-0.2, -0.15) is 0 Å². The van der Waals surface area contributed by atoms with Crippen molar-refractivity contribution in [3.8, 4) is 28.7 Å². The molecule has 5 aromatic rings. The molecule has 0 radical (unpaired) electrons. The van der Waals surface area contributed by atoms with Crippen LogP contribution in [-0.2, 0) is 110 Å². The molecule has 0 aliphatic heterocycles. The molecule has 5 aliphatic carbocycles. The van der Waals surface area contributed by atoms with Gasteiger partial charge in [-0.15, -0.1) is 0 Å². The summed E-state index contributed by atoms with van der Waals surface area (Å²) in [5.41, 5.74) is 22.0. The largest absolute Gasteiger partial charge is 0.507 e. The number of hydrogen-bond donors (Lipinski definition) is 5. The number of benzene rings is 5. The van der Waals surface area contributed by atoms with Gasteiger partial charge in [-0.1, -0.05) is 356 Å². The van der Waals surface area contributed by atoms with Gasteiger partial charge in [-0.05, 0) is 258 Å². The molecule has 692 valence electrons. The molecule has 5 N–H and O–H groups in total. The van der Waals surface area contributed by atoms with E-state index in [0.717, 1.165) is 130 Å². The molecule has 127 heavy (non-hydrogen) atoms. The molecular formula is C114H155Cl3O10. The zero-order valence-corrected chi connectivity index (χ0v) is 86.2. The Morgan fingerprint density at radius 2 is 0.567 bits per heavy atom. The Balaban J connectivity index is 0.000000245. The summed E-state index contributed by atoms with van der Waals surface area (Å²) in [6.45, 7) is 71.1. The molecular weight excluding hydrogens is 1640 g/mol. The van der Waals surface area contributed by atoms with Gasteiger partial charge in [0.2, 0.25) is 0 Å². The summed E-state index contributed by atoms with van der Waals surface area (Å²) >= 11 is 18.4. The summed E-state index contributed by atoms with van der Waals surface area (Å²) in [5, 5.41) is 55.8. The first-order valence-corrected chi connectivity index (χ1v) is 46.9. The van der Waals surface area contributed by atoms with E-state index in [4.69, 9.17) is 34.8 Å². The maximum atomic E-state index is 12.6. The first-order chi connectivity index (χ1) is 57.8. The molecule has 10 rings (SSSR count). The normalized spacial score (nSPS) is 15.3. The number of aromatic hydroxyl groups is 5. The molecule has 0 spiro atoms. The van der Waals surface area contributed by atoms with Crippen LogP contribution in [0, 0.1) is 0 Å². The highest BCUT2D eigenvalue weighted by atomic mass is 35.5. The van der Waals surface area contributed by atoms with Crippen molar-refractivity contribution in [2.75, 3.05) is 0 Å². The van der Waals surface area contributed by atoms with Crippen LogP contribution in [-0.4, -0.2) is 54.4 Å². The Bertz CT molecular complexity index is 5130. The second kappa shape index (κ2) is 41.9. The summed E-state index contributed by atoms with van der Waals surface area (Å²) in [7, 11) is 0. The van der Waals surface area contributed by atoms with Crippen LogP contribution in [0.15, 0.2) is 175 Å². The summed E-state index contributed by atoms with van der Waals surface area (Å²) in [4.78, 5) is 62.4. The maximum absolute atomic E-state index is 12.6. The fraction of sp³-hybridized carbons (Fsp3) is 0.518. The lowest BCUT2D eigenvalue weighted by Gasteiger charge is -2.28. The summed E-state index contributed by atoms with van der Waals surface area (Å²) in [6, 6.07) is 20.6. The van der Waals surface area contributed by atoms with E-state index in [1.807, 2.05) is 75.4 Å². The Morgan fingerprint density at radius 1 is 0.299 bits per heavy atom. The number of Topliss-reactive ketones (excluding diaryl/α,β-unsaturated/α-hetero) is 5. The molecule has 0 atom stereocenters. The monoisotopic (exact) mass is 1790 g/mol. The third-order valence-corrected chi connectivity index (χ3v) is 25.5. The molecule has 0 aromatic heterocycles. The lowest BCUT2D eigenvalue weighted by molar-refractivity contribution is -0.116. The number of allylic oxidation sites excluding steroid dienone is 20. The standard InChI is InChI=1S/2C23H31ClO2.2C23H32O2.C22H29ClO2/c1-14-8-10-16(20(14)24)19(25)11-9-15-12-17(22(2,3)4)21(26)18(13-15)23(5,6)7;1-14-10-16(13-19(14)24)20(25)9-8-15-11-17(22(2,3)4)21(26)18(12-15)23(5,6)7;2*1-15-8-10-17(12-15)20(24)11-9-16-13-18(22(2,3)4)21(25)19(14-16)23(5,6)7;1-21(2,3)16-12-14(13-17(20(16)25)22(4,5)6)10-11-19(24)15-8-7-9-18(15)23/h8,12-13,26H,9-11H2,1-7H3;11-13,26H,8-10H2,1-7H3;8,12-14,25H,9-11H2,1-7H3;8,10,13-14,25H,9,11-12H2,1-7H3;7,9,12-13,25H,8,10-11H2,1-6H3. The van der Waals surface area contributed by atoms with Crippen LogP contribution in [0.3, 0.4) is 0 Å². The van der Waals surface area contributed by atoms with E-state index in [-0.39, 0.29) is 83.1 Å². The number of aryl methyl sites for hydroxylation is 5. The van der Waals surface area contributed by atoms with Crippen molar-refractivity contribution in [1.82, 2.24) is 0 Å². The predicted molar refractivity (Wildman–Crippen MR) is 536 cm³/mol. The smallest absolute Gasteiger partial charge is 0.161 e. The number of rotatable bonds is 20. The molecule has 5 aliphatic rings. The second-order valence-electron chi connectivity index (χ2n) is 46.3. The van der Waals surface area contributed by atoms with Crippen molar-refractivity contribution in [1.29, 1.82) is 0 Å². The quantitative estimate of drug-likeness (QED) is 0.0502. The number of halogens is 3. The molecule has 0 saturated heterocycles. The van der Waals surface area contributed by atoms with Crippen molar-refractivity contribution < 1.29 is 49.5 Å². The van der Waals surface area contributed by atoms with Crippen LogP contribution in [0.4, 0.5) is 0 Å². The average Bonchev–Trinajstić information content (AvgIpc) is 1.18. The van der Waals surface area contributed by atoms with Crippen molar-refractivity contribution in [2.24, 2.45) is 0 Å². The van der Waals surface area contributed by atoms with E-state index >= 15 is 0 Å². The number of carbonyl (C=O) groups is 5. The highest BCUT2D eigenvalue weighted by Crippen LogP contribution is 2.47. The van der Waals surface area contributed by atoms with Gasteiger partial charge < -0.3 is 25.5 Å². The van der Waals surface area contributed by atoms with E-state index in [9.17, 15) is 49.5 Å². The highest BCUT2D eigenvalue weighted by Gasteiger charge is 2.34. The predicted octanol–water partition coefficient (Wildman–Crippen LogP) is 30.1. The minimum Gasteiger partial charge on any atom is -0.507 e. The van der Waals surface area contributed by atoms with Gasteiger partial charge in [0, 0.05) is 58.9 Å². The molecule has 0 fully saturated rings. The minimum absolute atomic E-state index is 0.109. The van der Waals surface area contributed by atoms with Crippen LogP contribution in [0.5, 0.6) is 28.7 Å². The van der Waals surface area contributed by atoms with E-state index in [2.05, 4.69) is 257 Å².